The molecule has 0 aromatic rings. The fraction of sp³-hybridized carbons (Fsp3) is 0.923. The first-order chi connectivity index (χ1) is 7.16. The molecule has 3 atom stereocenters. The Morgan fingerprint density at radius 2 is 1.93 bits per heavy atom. The van der Waals surface area contributed by atoms with E-state index >= 15 is 0 Å². The number of carbonyl (C=O) groups is 1. The molecule has 2 heteroatoms. The average molecular weight is 208 g/mol. The number of esters is 1. The standard InChI is InChI=1S/C13H20O2/c1-12-6-2-3-8-13(12)10(5-4-7-12)9-11(14)15-13/h10H,2-9H2,1H3/t10-,12+,13+/m0/s1. The third-order valence-corrected chi connectivity index (χ3v) is 5.20. The van der Waals surface area contributed by atoms with Gasteiger partial charge in [-0.2, -0.15) is 0 Å². The lowest BCUT2D eigenvalue weighted by Crippen LogP contribution is -2.55. The Balaban J connectivity index is 2.01. The minimum Gasteiger partial charge on any atom is -0.458 e. The third-order valence-electron chi connectivity index (χ3n) is 5.20. The van der Waals surface area contributed by atoms with Crippen LogP contribution >= 0.6 is 0 Å². The summed E-state index contributed by atoms with van der Waals surface area (Å²) in [6.07, 6.45) is 9.41. The van der Waals surface area contributed by atoms with Gasteiger partial charge in [-0.1, -0.05) is 19.8 Å². The monoisotopic (exact) mass is 208 g/mol. The number of rotatable bonds is 0. The Bertz CT molecular complexity index is 295. The number of hydrogen-bond donors (Lipinski definition) is 0. The Morgan fingerprint density at radius 1 is 1.20 bits per heavy atom. The fourth-order valence-corrected chi connectivity index (χ4v) is 4.39. The quantitative estimate of drug-likeness (QED) is 0.572. The summed E-state index contributed by atoms with van der Waals surface area (Å²) in [5, 5.41) is 0. The van der Waals surface area contributed by atoms with Crippen LogP contribution in [0, 0.1) is 11.3 Å². The van der Waals surface area contributed by atoms with Gasteiger partial charge in [0.1, 0.15) is 5.60 Å². The van der Waals surface area contributed by atoms with E-state index in [1.165, 1.54) is 38.5 Å². The highest BCUT2D eigenvalue weighted by Crippen LogP contribution is 2.60. The van der Waals surface area contributed by atoms with Gasteiger partial charge in [0.05, 0.1) is 6.42 Å². The van der Waals surface area contributed by atoms with E-state index < -0.39 is 0 Å². The maximum absolute atomic E-state index is 11.6. The van der Waals surface area contributed by atoms with Gasteiger partial charge in [-0.3, -0.25) is 4.79 Å². The van der Waals surface area contributed by atoms with Gasteiger partial charge in [0, 0.05) is 11.3 Å². The van der Waals surface area contributed by atoms with Crippen molar-refractivity contribution >= 4 is 5.97 Å². The summed E-state index contributed by atoms with van der Waals surface area (Å²) >= 11 is 0. The summed E-state index contributed by atoms with van der Waals surface area (Å²) in [6, 6.07) is 0. The first kappa shape index (κ1) is 9.68. The molecule has 2 nitrogen and oxygen atoms in total. The molecule has 0 aromatic heterocycles. The molecule has 0 radical (unpaired) electrons. The highest BCUT2D eigenvalue weighted by Gasteiger charge is 2.61. The van der Waals surface area contributed by atoms with E-state index in [-0.39, 0.29) is 11.6 Å². The zero-order valence-corrected chi connectivity index (χ0v) is 9.55. The zero-order valence-electron chi connectivity index (χ0n) is 9.55. The summed E-state index contributed by atoms with van der Waals surface area (Å²) in [4.78, 5) is 11.6. The molecule has 15 heavy (non-hydrogen) atoms. The maximum atomic E-state index is 11.6. The lowest BCUT2D eigenvalue weighted by molar-refractivity contribution is -0.181. The smallest absolute Gasteiger partial charge is 0.306 e. The minimum absolute atomic E-state index is 0.0550. The van der Waals surface area contributed by atoms with Crippen molar-refractivity contribution in [3.05, 3.63) is 0 Å². The first-order valence-corrected chi connectivity index (χ1v) is 6.38. The molecule has 0 amide bonds. The molecule has 3 aliphatic rings. The second-order valence-electron chi connectivity index (χ2n) is 5.92. The molecular formula is C13H20O2. The third kappa shape index (κ3) is 1.14. The molecule has 0 bridgehead atoms. The molecule has 1 heterocycles. The van der Waals surface area contributed by atoms with E-state index in [1.54, 1.807) is 0 Å². The highest BCUT2D eigenvalue weighted by atomic mass is 16.6. The molecule has 1 aliphatic heterocycles. The van der Waals surface area contributed by atoms with Crippen LogP contribution in [0.4, 0.5) is 0 Å². The number of carbonyl (C=O) groups excluding carboxylic acids is 1. The largest absolute Gasteiger partial charge is 0.458 e. The summed E-state index contributed by atoms with van der Waals surface area (Å²) < 4.78 is 5.82. The SMILES string of the molecule is C[C@]12CCCC[C@]13OC(=O)C[C@@H]3CCC2. The lowest BCUT2D eigenvalue weighted by Gasteiger charge is -2.54. The van der Waals surface area contributed by atoms with Crippen LogP contribution < -0.4 is 0 Å². The predicted molar refractivity (Wildman–Crippen MR) is 57.4 cm³/mol. The van der Waals surface area contributed by atoms with Crippen molar-refractivity contribution in [3.63, 3.8) is 0 Å². The Hall–Kier alpha value is -0.530. The van der Waals surface area contributed by atoms with Gasteiger partial charge in [0.25, 0.3) is 0 Å². The van der Waals surface area contributed by atoms with Crippen molar-refractivity contribution in [2.75, 3.05) is 0 Å². The molecule has 0 unspecified atom stereocenters. The molecular weight excluding hydrogens is 188 g/mol. The van der Waals surface area contributed by atoms with Gasteiger partial charge in [0.15, 0.2) is 0 Å². The van der Waals surface area contributed by atoms with E-state index in [4.69, 9.17) is 4.74 Å². The van der Waals surface area contributed by atoms with Crippen molar-refractivity contribution in [1.82, 2.24) is 0 Å². The van der Waals surface area contributed by atoms with Crippen molar-refractivity contribution in [3.8, 4) is 0 Å². The van der Waals surface area contributed by atoms with E-state index in [1.807, 2.05) is 0 Å². The van der Waals surface area contributed by atoms with Crippen LogP contribution in [0.5, 0.6) is 0 Å². The van der Waals surface area contributed by atoms with Crippen LogP contribution in [0.3, 0.4) is 0 Å². The Morgan fingerprint density at radius 3 is 2.80 bits per heavy atom. The highest BCUT2D eigenvalue weighted by molar-refractivity contribution is 5.73. The van der Waals surface area contributed by atoms with E-state index in [9.17, 15) is 4.79 Å². The first-order valence-electron chi connectivity index (χ1n) is 6.38. The number of hydrogen-bond acceptors (Lipinski definition) is 2. The summed E-state index contributed by atoms with van der Waals surface area (Å²) in [7, 11) is 0. The van der Waals surface area contributed by atoms with Gasteiger partial charge >= 0.3 is 5.97 Å². The van der Waals surface area contributed by atoms with E-state index in [0.717, 1.165) is 6.42 Å². The molecule has 3 rings (SSSR count). The van der Waals surface area contributed by atoms with Crippen molar-refractivity contribution in [1.29, 1.82) is 0 Å². The van der Waals surface area contributed by atoms with Gasteiger partial charge in [-0.25, -0.2) is 0 Å². The topological polar surface area (TPSA) is 26.3 Å². The van der Waals surface area contributed by atoms with Crippen LogP contribution in [0.1, 0.15) is 58.3 Å². The normalized spacial score (nSPS) is 49.4. The Labute approximate surface area is 91.4 Å². The van der Waals surface area contributed by atoms with Crippen LogP contribution in [-0.4, -0.2) is 11.6 Å². The molecule has 0 N–H and O–H groups in total. The van der Waals surface area contributed by atoms with Gasteiger partial charge in [0.2, 0.25) is 0 Å². The van der Waals surface area contributed by atoms with Crippen LogP contribution in [0.15, 0.2) is 0 Å². The van der Waals surface area contributed by atoms with E-state index in [2.05, 4.69) is 6.92 Å². The van der Waals surface area contributed by atoms with Crippen LogP contribution in [0.2, 0.25) is 0 Å². The molecule has 1 spiro atoms. The molecule has 0 aromatic carbocycles. The van der Waals surface area contributed by atoms with Crippen LogP contribution in [-0.2, 0) is 9.53 Å². The van der Waals surface area contributed by atoms with Gasteiger partial charge in [-0.05, 0) is 32.1 Å². The lowest BCUT2D eigenvalue weighted by atomic mass is 9.54. The second kappa shape index (κ2) is 2.99. The van der Waals surface area contributed by atoms with Crippen molar-refractivity contribution in [2.24, 2.45) is 11.3 Å². The molecule has 2 aliphatic carbocycles. The summed E-state index contributed by atoms with van der Waals surface area (Å²) in [5.74, 6) is 0.596. The fourth-order valence-electron chi connectivity index (χ4n) is 4.39. The average Bonchev–Trinajstić information content (AvgIpc) is 2.52. The zero-order chi connectivity index (χ0) is 10.5. The summed E-state index contributed by atoms with van der Waals surface area (Å²) in [6.45, 7) is 2.36. The Kier molecular flexibility index (Phi) is 1.93. The molecule has 1 saturated heterocycles. The predicted octanol–water partition coefficient (Wildman–Crippen LogP) is 3.05. The maximum Gasteiger partial charge on any atom is 0.306 e. The number of ether oxygens (including phenoxy) is 1. The van der Waals surface area contributed by atoms with E-state index in [0.29, 0.717) is 17.8 Å². The molecule has 3 fully saturated rings. The minimum atomic E-state index is -0.0550. The second-order valence-corrected chi connectivity index (χ2v) is 5.92. The molecule has 2 saturated carbocycles. The van der Waals surface area contributed by atoms with Crippen molar-refractivity contribution < 1.29 is 9.53 Å². The summed E-state index contributed by atoms with van der Waals surface area (Å²) in [5.41, 5.74) is 0.237. The van der Waals surface area contributed by atoms with Crippen LogP contribution in [0.25, 0.3) is 0 Å². The van der Waals surface area contributed by atoms with Gasteiger partial charge < -0.3 is 4.74 Å². The van der Waals surface area contributed by atoms with Gasteiger partial charge in [-0.15, -0.1) is 0 Å². The van der Waals surface area contributed by atoms with Crippen molar-refractivity contribution in [2.45, 2.75) is 63.9 Å². The molecule has 84 valence electrons.